The van der Waals surface area contributed by atoms with Crippen LogP contribution in [0, 0.1) is 0 Å². The molecule has 0 unspecified atom stereocenters. The minimum atomic E-state index is -0.730. The maximum atomic E-state index is 12.1. The minimum absolute atomic E-state index is 0.000355. The lowest BCUT2D eigenvalue weighted by Crippen LogP contribution is -2.38. The molecule has 0 bridgehead atoms. The molecule has 1 aliphatic rings. The van der Waals surface area contributed by atoms with Crippen molar-refractivity contribution in [3.05, 3.63) is 23.8 Å². The van der Waals surface area contributed by atoms with Crippen molar-refractivity contribution in [2.24, 2.45) is 5.73 Å². The molecule has 5 N–H and O–H groups in total. The molecule has 0 aliphatic heterocycles. The van der Waals surface area contributed by atoms with Crippen LogP contribution in [0.15, 0.2) is 18.2 Å². The Balaban J connectivity index is 1.76. The highest BCUT2D eigenvalue weighted by Gasteiger charge is 2.23. The normalized spacial score (nSPS) is 15.8. The highest BCUT2D eigenvalue weighted by molar-refractivity contribution is 5.95. The van der Waals surface area contributed by atoms with Crippen molar-refractivity contribution in [1.82, 2.24) is 5.32 Å². The summed E-state index contributed by atoms with van der Waals surface area (Å²) in [6.07, 6.45) is 4.33. The molecule has 132 valence electrons. The molecule has 1 amide bonds. The average molecular weight is 335 g/mol. The number of hydrogen-bond acceptors (Lipinski definition) is 6. The second-order valence-corrected chi connectivity index (χ2v) is 5.95. The van der Waals surface area contributed by atoms with E-state index in [1.807, 2.05) is 0 Å². The number of benzene rings is 1. The summed E-state index contributed by atoms with van der Waals surface area (Å²) in [6, 6.07) is 4.06. The van der Waals surface area contributed by atoms with E-state index in [0.29, 0.717) is 23.4 Å². The summed E-state index contributed by atoms with van der Waals surface area (Å²) < 4.78 is 10.4. The first kappa shape index (κ1) is 18.1. The SMILES string of the molecule is COc1cc(C(=O)NCC[C@H](N)C(=O)OC2CCCC2)ccc1N. The third kappa shape index (κ3) is 4.86. The van der Waals surface area contributed by atoms with Crippen molar-refractivity contribution in [2.75, 3.05) is 19.4 Å². The molecule has 1 fully saturated rings. The van der Waals surface area contributed by atoms with Crippen LogP contribution in [0.25, 0.3) is 0 Å². The number of amides is 1. The number of carbonyl (C=O) groups is 2. The van der Waals surface area contributed by atoms with Crippen molar-refractivity contribution < 1.29 is 19.1 Å². The molecule has 1 aromatic carbocycles. The van der Waals surface area contributed by atoms with E-state index in [2.05, 4.69) is 5.32 Å². The number of hydrogen-bond donors (Lipinski definition) is 3. The maximum absolute atomic E-state index is 12.1. The van der Waals surface area contributed by atoms with E-state index in [-0.39, 0.29) is 18.6 Å². The number of methoxy groups -OCH3 is 1. The van der Waals surface area contributed by atoms with Crippen molar-refractivity contribution in [3.8, 4) is 5.75 Å². The highest BCUT2D eigenvalue weighted by Crippen LogP contribution is 2.22. The van der Waals surface area contributed by atoms with Gasteiger partial charge in [-0.2, -0.15) is 0 Å². The maximum Gasteiger partial charge on any atom is 0.323 e. The van der Waals surface area contributed by atoms with E-state index < -0.39 is 12.0 Å². The van der Waals surface area contributed by atoms with Gasteiger partial charge in [-0.3, -0.25) is 9.59 Å². The average Bonchev–Trinajstić information content (AvgIpc) is 3.07. The number of carbonyl (C=O) groups excluding carboxylic acids is 2. The molecule has 7 nitrogen and oxygen atoms in total. The number of ether oxygens (including phenoxy) is 2. The zero-order chi connectivity index (χ0) is 17.5. The Hall–Kier alpha value is -2.28. The van der Waals surface area contributed by atoms with Gasteiger partial charge in [-0.05, 0) is 50.3 Å². The molecule has 0 radical (unpaired) electrons. The van der Waals surface area contributed by atoms with Gasteiger partial charge in [0.2, 0.25) is 0 Å². The summed E-state index contributed by atoms with van der Waals surface area (Å²) in [6.45, 7) is 0.284. The number of nitrogens with one attached hydrogen (secondary N) is 1. The molecule has 0 aromatic heterocycles. The second kappa shape index (κ2) is 8.54. The van der Waals surface area contributed by atoms with Crippen LogP contribution in [0.2, 0.25) is 0 Å². The molecule has 0 spiro atoms. The fraction of sp³-hybridized carbons (Fsp3) is 0.529. The molecule has 1 aromatic rings. The summed E-state index contributed by atoms with van der Waals surface area (Å²) in [5.41, 5.74) is 12.4. The minimum Gasteiger partial charge on any atom is -0.495 e. The summed E-state index contributed by atoms with van der Waals surface area (Å²) in [7, 11) is 1.49. The summed E-state index contributed by atoms with van der Waals surface area (Å²) in [5, 5.41) is 2.73. The van der Waals surface area contributed by atoms with Crippen LogP contribution in [-0.4, -0.2) is 37.7 Å². The van der Waals surface area contributed by atoms with Gasteiger partial charge < -0.3 is 26.3 Å². The molecule has 1 aliphatic carbocycles. The van der Waals surface area contributed by atoms with E-state index in [4.69, 9.17) is 20.9 Å². The van der Waals surface area contributed by atoms with Gasteiger partial charge in [0.05, 0.1) is 12.8 Å². The monoisotopic (exact) mass is 335 g/mol. The molecule has 2 rings (SSSR count). The molecule has 24 heavy (non-hydrogen) atoms. The number of rotatable bonds is 7. The van der Waals surface area contributed by atoms with Gasteiger partial charge in [0.25, 0.3) is 5.91 Å². The molecular weight excluding hydrogens is 310 g/mol. The first-order valence-corrected chi connectivity index (χ1v) is 8.19. The van der Waals surface area contributed by atoms with Gasteiger partial charge in [-0.15, -0.1) is 0 Å². The van der Waals surface area contributed by atoms with E-state index in [1.165, 1.54) is 7.11 Å². The van der Waals surface area contributed by atoms with E-state index in [0.717, 1.165) is 25.7 Å². The number of esters is 1. The van der Waals surface area contributed by atoms with Crippen LogP contribution in [-0.2, 0) is 9.53 Å². The topological polar surface area (TPSA) is 117 Å². The summed E-state index contributed by atoms with van der Waals surface area (Å²) in [5.74, 6) is -0.227. The van der Waals surface area contributed by atoms with Crippen LogP contribution in [0.4, 0.5) is 5.69 Å². The highest BCUT2D eigenvalue weighted by atomic mass is 16.5. The second-order valence-electron chi connectivity index (χ2n) is 5.95. The van der Waals surface area contributed by atoms with Crippen LogP contribution in [0.1, 0.15) is 42.5 Å². The molecule has 7 heteroatoms. The van der Waals surface area contributed by atoms with Crippen molar-refractivity contribution in [2.45, 2.75) is 44.2 Å². The molecule has 1 saturated carbocycles. The number of nitrogens with two attached hydrogens (primary N) is 2. The Morgan fingerprint density at radius 3 is 2.71 bits per heavy atom. The quantitative estimate of drug-likeness (QED) is 0.509. The summed E-state index contributed by atoms with van der Waals surface area (Å²) in [4.78, 5) is 24.0. The Labute approximate surface area is 141 Å². The van der Waals surface area contributed by atoms with Crippen LogP contribution < -0.4 is 21.5 Å². The summed E-state index contributed by atoms with van der Waals surface area (Å²) >= 11 is 0. The van der Waals surface area contributed by atoms with Crippen molar-refractivity contribution >= 4 is 17.6 Å². The van der Waals surface area contributed by atoms with Crippen LogP contribution in [0.5, 0.6) is 5.75 Å². The first-order valence-electron chi connectivity index (χ1n) is 8.19. The molecule has 0 heterocycles. The number of anilines is 1. The largest absolute Gasteiger partial charge is 0.495 e. The lowest BCUT2D eigenvalue weighted by molar-refractivity contribution is -0.150. The fourth-order valence-corrected chi connectivity index (χ4v) is 2.67. The lowest BCUT2D eigenvalue weighted by Gasteiger charge is -2.16. The van der Waals surface area contributed by atoms with Gasteiger partial charge in [0.15, 0.2) is 0 Å². The smallest absolute Gasteiger partial charge is 0.323 e. The zero-order valence-corrected chi connectivity index (χ0v) is 13.9. The zero-order valence-electron chi connectivity index (χ0n) is 13.9. The third-order valence-corrected chi connectivity index (χ3v) is 4.12. The van der Waals surface area contributed by atoms with Gasteiger partial charge in [-0.1, -0.05) is 0 Å². The molecular formula is C17H25N3O4. The molecule has 0 saturated heterocycles. The van der Waals surface area contributed by atoms with E-state index in [9.17, 15) is 9.59 Å². The van der Waals surface area contributed by atoms with Crippen LogP contribution in [0.3, 0.4) is 0 Å². The van der Waals surface area contributed by atoms with Crippen molar-refractivity contribution in [1.29, 1.82) is 0 Å². The Bertz CT molecular complexity index is 585. The number of nitrogen functional groups attached to an aromatic ring is 1. The van der Waals surface area contributed by atoms with Crippen molar-refractivity contribution in [3.63, 3.8) is 0 Å². The Morgan fingerprint density at radius 1 is 1.33 bits per heavy atom. The Kier molecular flexibility index (Phi) is 6.43. The van der Waals surface area contributed by atoms with Gasteiger partial charge >= 0.3 is 5.97 Å². The van der Waals surface area contributed by atoms with E-state index in [1.54, 1.807) is 18.2 Å². The molecule has 1 atom stereocenters. The van der Waals surface area contributed by atoms with Gasteiger partial charge in [0, 0.05) is 12.1 Å². The predicted molar refractivity (Wildman–Crippen MR) is 90.7 cm³/mol. The van der Waals surface area contributed by atoms with Gasteiger partial charge in [-0.25, -0.2) is 0 Å². The first-order chi connectivity index (χ1) is 11.5. The van der Waals surface area contributed by atoms with E-state index >= 15 is 0 Å². The lowest BCUT2D eigenvalue weighted by atomic mass is 10.1. The Morgan fingerprint density at radius 2 is 2.04 bits per heavy atom. The third-order valence-electron chi connectivity index (χ3n) is 4.12. The predicted octanol–water partition coefficient (Wildman–Crippen LogP) is 1.21. The van der Waals surface area contributed by atoms with Crippen LogP contribution >= 0.6 is 0 Å². The van der Waals surface area contributed by atoms with Gasteiger partial charge in [0.1, 0.15) is 17.9 Å². The fourth-order valence-electron chi connectivity index (χ4n) is 2.67. The standard InChI is InChI=1S/C17H25N3O4/c1-23-15-10-11(6-7-13(15)18)16(21)20-9-8-14(19)17(22)24-12-4-2-3-5-12/h6-7,10,12,14H,2-5,8-9,18-19H2,1H3,(H,20,21)/t14-/m0/s1.